The van der Waals surface area contributed by atoms with Gasteiger partial charge >= 0.3 is 0 Å². The number of anilines is 1. The first-order valence-electron chi connectivity index (χ1n) is 9.68. The molecule has 0 saturated carbocycles. The normalized spacial score (nSPS) is 11.9. The Balaban J connectivity index is 1.76. The Morgan fingerprint density at radius 1 is 0.939 bits per heavy atom. The number of rotatable bonds is 5. The van der Waals surface area contributed by atoms with Gasteiger partial charge in [0.15, 0.2) is 17.4 Å². The SMILES string of the molecule is CC(Oc1c(-c2ccccc2)oc2c(Cl)cc(Cl)cc2c1=O)C(=O)Nc1cc(Cl)cc(Cl)c1. The van der Waals surface area contributed by atoms with E-state index in [1.165, 1.54) is 19.1 Å². The second kappa shape index (κ2) is 9.65. The third-order valence-corrected chi connectivity index (χ3v) is 5.63. The number of carbonyl (C=O) groups is 1. The summed E-state index contributed by atoms with van der Waals surface area (Å²) in [6.07, 6.45) is -1.07. The van der Waals surface area contributed by atoms with Gasteiger partial charge in [0.25, 0.3) is 5.91 Å². The maximum atomic E-state index is 13.4. The number of amides is 1. The van der Waals surface area contributed by atoms with Crippen molar-refractivity contribution in [2.24, 2.45) is 0 Å². The van der Waals surface area contributed by atoms with Gasteiger partial charge in [-0.05, 0) is 37.3 Å². The molecule has 1 N–H and O–H groups in total. The molecule has 1 unspecified atom stereocenters. The van der Waals surface area contributed by atoms with E-state index in [-0.39, 0.29) is 32.5 Å². The van der Waals surface area contributed by atoms with Gasteiger partial charge in [-0.3, -0.25) is 9.59 Å². The van der Waals surface area contributed by atoms with Crippen LogP contribution in [0.15, 0.2) is 69.9 Å². The van der Waals surface area contributed by atoms with Crippen molar-refractivity contribution in [3.63, 3.8) is 0 Å². The molecule has 3 aromatic carbocycles. The molecule has 4 rings (SSSR count). The van der Waals surface area contributed by atoms with Crippen LogP contribution in [0.1, 0.15) is 6.92 Å². The average molecular weight is 523 g/mol. The van der Waals surface area contributed by atoms with Crippen LogP contribution in [0, 0.1) is 0 Å². The first kappa shape index (κ1) is 23.5. The number of fused-ring (bicyclic) bond motifs is 1. The van der Waals surface area contributed by atoms with Crippen LogP contribution in [0.5, 0.6) is 5.75 Å². The largest absolute Gasteiger partial charge is 0.473 e. The van der Waals surface area contributed by atoms with Crippen LogP contribution in [-0.4, -0.2) is 12.0 Å². The smallest absolute Gasteiger partial charge is 0.265 e. The Morgan fingerprint density at radius 3 is 2.24 bits per heavy atom. The number of ether oxygens (including phenoxy) is 1. The predicted octanol–water partition coefficient (Wildman–Crippen LogP) is 7.48. The average Bonchev–Trinajstić information content (AvgIpc) is 2.75. The number of halogens is 4. The zero-order valence-corrected chi connectivity index (χ0v) is 20.0. The van der Waals surface area contributed by atoms with E-state index in [1.807, 2.05) is 6.07 Å². The minimum Gasteiger partial charge on any atom is -0.473 e. The molecule has 0 spiro atoms. The molecule has 33 heavy (non-hydrogen) atoms. The summed E-state index contributed by atoms with van der Waals surface area (Å²) in [5.74, 6) is -0.516. The van der Waals surface area contributed by atoms with E-state index in [4.69, 9.17) is 55.6 Å². The van der Waals surface area contributed by atoms with Crippen molar-refractivity contribution in [3.8, 4) is 17.1 Å². The zero-order valence-electron chi connectivity index (χ0n) is 17.0. The van der Waals surface area contributed by atoms with Crippen LogP contribution in [0.3, 0.4) is 0 Å². The minimum absolute atomic E-state index is 0.136. The van der Waals surface area contributed by atoms with Gasteiger partial charge in [-0.1, -0.05) is 76.7 Å². The number of hydrogen-bond donors (Lipinski definition) is 1. The third kappa shape index (κ3) is 5.12. The predicted molar refractivity (Wildman–Crippen MR) is 133 cm³/mol. The van der Waals surface area contributed by atoms with Crippen LogP contribution in [0.4, 0.5) is 5.69 Å². The number of carbonyl (C=O) groups excluding carboxylic acids is 1. The molecular weight excluding hydrogens is 508 g/mol. The molecule has 0 fully saturated rings. The molecule has 0 radical (unpaired) electrons. The fourth-order valence-electron chi connectivity index (χ4n) is 3.19. The van der Waals surface area contributed by atoms with E-state index >= 15 is 0 Å². The topological polar surface area (TPSA) is 68.5 Å². The van der Waals surface area contributed by atoms with E-state index < -0.39 is 17.4 Å². The fraction of sp³-hybridized carbons (Fsp3) is 0.0833. The first-order valence-corrected chi connectivity index (χ1v) is 11.2. The van der Waals surface area contributed by atoms with Crippen molar-refractivity contribution in [1.82, 2.24) is 0 Å². The molecular formula is C24H15Cl4NO4. The highest BCUT2D eigenvalue weighted by Crippen LogP contribution is 2.35. The van der Waals surface area contributed by atoms with Gasteiger partial charge in [0.1, 0.15) is 0 Å². The van der Waals surface area contributed by atoms with Crippen LogP contribution in [0.2, 0.25) is 20.1 Å². The lowest BCUT2D eigenvalue weighted by molar-refractivity contribution is -0.122. The Bertz CT molecular complexity index is 1400. The monoisotopic (exact) mass is 521 g/mol. The molecule has 0 bridgehead atoms. The molecule has 0 aliphatic heterocycles. The van der Waals surface area contributed by atoms with Gasteiger partial charge in [0.05, 0.1) is 10.4 Å². The van der Waals surface area contributed by atoms with Crippen molar-refractivity contribution in [2.75, 3.05) is 5.32 Å². The molecule has 168 valence electrons. The van der Waals surface area contributed by atoms with Gasteiger partial charge < -0.3 is 14.5 Å². The first-order chi connectivity index (χ1) is 15.7. The van der Waals surface area contributed by atoms with Gasteiger partial charge in [-0.2, -0.15) is 0 Å². The van der Waals surface area contributed by atoms with Crippen LogP contribution >= 0.6 is 46.4 Å². The third-order valence-electron chi connectivity index (χ3n) is 4.70. The van der Waals surface area contributed by atoms with E-state index in [9.17, 15) is 9.59 Å². The lowest BCUT2D eigenvalue weighted by Gasteiger charge is -2.17. The van der Waals surface area contributed by atoms with Crippen LogP contribution < -0.4 is 15.5 Å². The van der Waals surface area contributed by atoms with Crippen molar-refractivity contribution in [1.29, 1.82) is 0 Å². The summed E-state index contributed by atoms with van der Waals surface area (Å²) in [7, 11) is 0. The highest BCUT2D eigenvalue weighted by Gasteiger charge is 2.24. The molecule has 1 aromatic heterocycles. The second-order valence-corrected chi connectivity index (χ2v) is 8.84. The zero-order chi connectivity index (χ0) is 23.7. The summed E-state index contributed by atoms with van der Waals surface area (Å²) in [6, 6.07) is 16.4. The molecule has 4 aromatic rings. The molecule has 0 saturated heterocycles. The van der Waals surface area contributed by atoms with E-state index in [2.05, 4.69) is 5.32 Å². The summed E-state index contributed by atoms with van der Waals surface area (Å²) in [6.45, 7) is 1.50. The Labute approximate surface area is 208 Å². The maximum Gasteiger partial charge on any atom is 0.265 e. The molecule has 1 amide bonds. The van der Waals surface area contributed by atoms with Crippen molar-refractivity contribution >= 4 is 69.0 Å². The Morgan fingerprint density at radius 2 is 1.58 bits per heavy atom. The number of nitrogens with one attached hydrogen (secondary N) is 1. The summed E-state index contributed by atoms with van der Waals surface area (Å²) >= 11 is 24.3. The molecule has 0 aliphatic rings. The highest BCUT2D eigenvalue weighted by molar-refractivity contribution is 6.38. The number of benzene rings is 3. The molecule has 0 aliphatic carbocycles. The van der Waals surface area contributed by atoms with Gasteiger partial charge in [-0.15, -0.1) is 0 Å². The van der Waals surface area contributed by atoms with E-state index in [1.54, 1.807) is 42.5 Å². The fourth-order valence-corrected chi connectivity index (χ4v) is 4.25. The van der Waals surface area contributed by atoms with Crippen molar-refractivity contribution in [3.05, 3.63) is 91.0 Å². The highest BCUT2D eigenvalue weighted by atomic mass is 35.5. The second-order valence-electron chi connectivity index (χ2n) is 7.13. The maximum absolute atomic E-state index is 13.4. The van der Waals surface area contributed by atoms with Gasteiger partial charge in [0, 0.05) is 26.3 Å². The van der Waals surface area contributed by atoms with Crippen LogP contribution in [0.25, 0.3) is 22.3 Å². The molecule has 5 nitrogen and oxygen atoms in total. The summed E-state index contributed by atoms with van der Waals surface area (Å²) in [4.78, 5) is 26.1. The lowest BCUT2D eigenvalue weighted by atomic mass is 10.1. The van der Waals surface area contributed by atoms with Crippen molar-refractivity contribution < 1.29 is 13.9 Å². The number of hydrogen-bond acceptors (Lipinski definition) is 4. The van der Waals surface area contributed by atoms with Crippen LogP contribution in [-0.2, 0) is 4.79 Å². The molecule has 1 atom stereocenters. The van der Waals surface area contributed by atoms with Crippen molar-refractivity contribution in [2.45, 2.75) is 13.0 Å². The standard InChI is InChI=1S/C24H15Cl4NO4/c1-12(24(31)29-17-8-14(25)7-15(26)9-17)32-23-20(30)18-10-16(27)11-19(28)22(18)33-21(23)13-5-3-2-4-6-13/h2-12H,1H3,(H,29,31). The Hall–Kier alpha value is -2.70. The van der Waals surface area contributed by atoms with Gasteiger partial charge in [-0.25, -0.2) is 0 Å². The van der Waals surface area contributed by atoms with E-state index in [0.717, 1.165) is 0 Å². The Kier molecular flexibility index (Phi) is 6.86. The summed E-state index contributed by atoms with van der Waals surface area (Å²) in [5.41, 5.74) is 0.625. The molecule has 1 heterocycles. The summed E-state index contributed by atoms with van der Waals surface area (Å²) in [5, 5.41) is 3.98. The lowest BCUT2D eigenvalue weighted by Crippen LogP contribution is -2.31. The molecule has 9 heteroatoms. The quantitative estimate of drug-likeness (QED) is 0.295. The van der Waals surface area contributed by atoms with E-state index in [0.29, 0.717) is 21.3 Å². The van der Waals surface area contributed by atoms with Gasteiger partial charge in [0.2, 0.25) is 11.2 Å². The summed E-state index contributed by atoms with van der Waals surface area (Å²) < 4.78 is 11.8. The minimum atomic E-state index is -1.07.